The molecule has 58 heavy (non-hydrogen) atoms. The van der Waals surface area contributed by atoms with E-state index in [1.54, 1.807) is 0 Å². The van der Waals surface area contributed by atoms with Crippen molar-refractivity contribution in [2.75, 3.05) is 4.90 Å². The number of anilines is 3. The molecule has 0 saturated heterocycles. The van der Waals surface area contributed by atoms with Crippen LogP contribution in [0, 0.1) is 0 Å². The highest BCUT2D eigenvalue weighted by Crippen LogP contribution is 2.41. The van der Waals surface area contributed by atoms with Gasteiger partial charge in [0.25, 0.3) is 0 Å². The first-order valence-corrected chi connectivity index (χ1v) is 19.7. The van der Waals surface area contributed by atoms with Crippen molar-refractivity contribution in [2.45, 2.75) is 0 Å². The lowest BCUT2D eigenvalue weighted by atomic mass is 9.93. The molecule has 0 spiro atoms. The van der Waals surface area contributed by atoms with Gasteiger partial charge in [-0.1, -0.05) is 158 Å². The van der Waals surface area contributed by atoms with E-state index in [0.717, 1.165) is 66.8 Å². The second-order valence-corrected chi connectivity index (χ2v) is 14.7. The Kier molecular flexibility index (Phi) is 8.15. The third-order valence-corrected chi connectivity index (χ3v) is 11.3. The maximum Gasteiger partial charge on any atom is 0.227 e. The van der Waals surface area contributed by atoms with Crippen LogP contribution in [0.5, 0.6) is 0 Å². The summed E-state index contributed by atoms with van der Waals surface area (Å²) in [6.07, 6.45) is 0. The Morgan fingerprint density at radius 1 is 0.328 bits per heavy atom. The van der Waals surface area contributed by atoms with Crippen LogP contribution in [-0.4, -0.2) is 4.98 Å². The van der Waals surface area contributed by atoms with Crippen LogP contribution in [0.3, 0.4) is 0 Å². The van der Waals surface area contributed by atoms with E-state index in [1.165, 1.54) is 32.7 Å². The Morgan fingerprint density at radius 2 is 0.776 bits per heavy atom. The lowest BCUT2D eigenvalue weighted by molar-refractivity contribution is 0.620. The number of fused-ring (bicyclic) bond motifs is 6. The van der Waals surface area contributed by atoms with Crippen LogP contribution in [0.15, 0.2) is 223 Å². The number of nitrogens with zero attached hydrogens (tertiary/aromatic N) is 2. The summed E-state index contributed by atoms with van der Waals surface area (Å²) in [5, 5.41) is 7.31. The molecule has 10 aromatic carbocycles. The Hall–Kier alpha value is -7.75. The van der Waals surface area contributed by atoms with E-state index >= 15 is 0 Å². The van der Waals surface area contributed by atoms with Gasteiger partial charge in [-0.15, -0.1) is 0 Å². The summed E-state index contributed by atoms with van der Waals surface area (Å²) < 4.78 is 6.35. The second kappa shape index (κ2) is 14.1. The molecule has 0 unspecified atom stereocenters. The van der Waals surface area contributed by atoms with Gasteiger partial charge in [-0.3, -0.25) is 0 Å². The van der Waals surface area contributed by atoms with Gasteiger partial charge in [0.1, 0.15) is 5.52 Å². The Balaban J connectivity index is 0.914. The SMILES string of the molecule is c1ccc(-c2nc3c(cc(-c4ccc(-c5ccc(N(c6ccccc6)c6ccc(-c7cc8ccccc8c8ccccc78)cc6)cc5)cc4)c4ccccc43)o2)cc1. The van der Waals surface area contributed by atoms with Gasteiger partial charge in [0.05, 0.1) is 0 Å². The van der Waals surface area contributed by atoms with Crippen molar-refractivity contribution in [1.82, 2.24) is 4.98 Å². The standard InChI is InChI=1S/C55H36N2O/c1-3-13-41(14-4-1)55-56-54-50-22-12-11-21-49(50)52(36-53(54)58-55)39-25-23-37(24-26-39)38-27-31-44(32-28-38)57(43-16-5-2-6-17-43)45-33-29-40(30-34-45)51-35-42-15-7-8-18-46(42)47-19-9-10-20-48(47)51/h1-36H. The van der Waals surface area contributed by atoms with Crippen molar-refractivity contribution >= 4 is 60.5 Å². The van der Waals surface area contributed by atoms with Gasteiger partial charge < -0.3 is 9.32 Å². The molecule has 0 radical (unpaired) electrons. The van der Waals surface area contributed by atoms with Crippen molar-refractivity contribution in [3.63, 3.8) is 0 Å². The average molecular weight is 741 g/mol. The first kappa shape index (κ1) is 33.6. The van der Waals surface area contributed by atoms with Crippen molar-refractivity contribution in [1.29, 1.82) is 0 Å². The molecular formula is C55H36N2O. The highest BCUT2D eigenvalue weighted by atomic mass is 16.3. The third-order valence-electron chi connectivity index (χ3n) is 11.3. The van der Waals surface area contributed by atoms with E-state index in [1.807, 2.05) is 30.3 Å². The molecule has 0 N–H and O–H groups in total. The Morgan fingerprint density at radius 3 is 1.43 bits per heavy atom. The fourth-order valence-corrected chi connectivity index (χ4v) is 8.45. The molecule has 3 nitrogen and oxygen atoms in total. The predicted molar refractivity (Wildman–Crippen MR) is 243 cm³/mol. The normalized spacial score (nSPS) is 11.4. The summed E-state index contributed by atoms with van der Waals surface area (Å²) in [6.45, 7) is 0. The number of oxazole rings is 1. The molecule has 0 aliphatic carbocycles. The molecule has 0 bridgehead atoms. The molecule has 0 fully saturated rings. The first-order valence-electron chi connectivity index (χ1n) is 19.7. The summed E-state index contributed by atoms with van der Waals surface area (Å²) in [6, 6.07) is 77.7. The zero-order valence-electron chi connectivity index (χ0n) is 31.6. The number of aromatic nitrogens is 1. The quantitative estimate of drug-likeness (QED) is 0.152. The van der Waals surface area contributed by atoms with Crippen molar-refractivity contribution in [2.24, 2.45) is 0 Å². The second-order valence-electron chi connectivity index (χ2n) is 14.7. The van der Waals surface area contributed by atoms with Crippen LogP contribution >= 0.6 is 0 Å². The Labute approximate surface area is 336 Å². The molecule has 11 rings (SSSR count). The number of hydrogen-bond donors (Lipinski definition) is 0. The number of para-hydroxylation sites is 1. The minimum atomic E-state index is 0.634. The smallest absolute Gasteiger partial charge is 0.227 e. The van der Waals surface area contributed by atoms with Gasteiger partial charge in [-0.2, -0.15) is 0 Å². The van der Waals surface area contributed by atoms with Crippen molar-refractivity contribution < 1.29 is 4.42 Å². The summed E-state index contributed by atoms with van der Waals surface area (Å²) in [5.74, 6) is 0.634. The molecule has 272 valence electrons. The zero-order chi connectivity index (χ0) is 38.4. The average Bonchev–Trinajstić information content (AvgIpc) is 3.75. The summed E-state index contributed by atoms with van der Waals surface area (Å²) in [4.78, 5) is 7.25. The lowest BCUT2D eigenvalue weighted by Crippen LogP contribution is -2.09. The predicted octanol–water partition coefficient (Wildman–Crippen LogP) is 15.4. The van der Waals surface area contributed by atoms with E-state index in [0.29, 0.717) is 5.89 Å². The topological polar surface area (TPSA) is 29.3 Å². The van der Waals surface area contributed by atoms with Gasteiger partial charge in [0.2, 0.25) is 5.89 Å². The molecule has 0 saturated carbocycles. The van der Waals surface area contributed by atoms with Crippen LogP contribution < -0.4 is 4.90 Å². The fraction of sp³-hybridized carbons (Fsp3) is 0. The molecule has 0 aliphatic rings. The van der Waals surface area contributed by atoms with Gasteiger partial charge >= 0.3 is 0 Å². The van der Waals surface area contributed by atoms with Crippen molar-refractivity contribution in [3.8, 4) is 44.8 Å². The minimum Gasteiger partial charge on any atom is -0.436 e. The molecule has 1 heterocycles. The third kappa shape index (κ3) is 5.89. The molecule has 11 aromatic rings. The minimum absolute atomic E-state index is 0.634. The Bertz CT molecular complexity index is 3240. The maximum atomic E-state index is 6.35. The van der Waals surface area contributed by atoms with E-state index in [-0.39, 0.29) is 0 Å². The van der Waals surface area contributed by atoms with Crippen LogP contribution in [-0.2, 0) is 0 Å². The number of rotatable bonds is 7. The zero-order valence-corrected chi connectivity index (χ0v) is 31.6. The van der Waals surface area contributed by atoms with E-state index in [9.17, 15) is 0 Å². The van der Waals surface area contributed by atoms with E-state index in [2.05, 4.69) is 193 Å². The highest BCUT2D eigenvalue weighted by Gasteiger charge is 2.17. The maximum absolute atomic E-state index is 6.35. The van der Waals surface area contributed by atoms with Crippen molar-refractivity contribution in [3.05, 3.63) is 218 Å². The number of hydrogen-bond acceptors (Lipinski definition) is 3. The molecule has 0 aliphatic heterocycles. The fourth-order valence-electron chi connectivity index (χ4n) is 8.45. The van der Waals surface area contributed by atoms with Gasteiger partial charge in [0, 0.05) is 28.0 Å². The molecule has 0 atom stereocenters. The molecule has 0 amide bonds. The first-order chi connectivity index (χ1) is 28.7. The number of benzene rings is 10. The molecular weight excluding hydrogens is 705 g/mol. The van der Waals surface area contributed by atoms with Crippen LogP contribution in [0.25, 0.3) is 88.3 Å². The largest absolute Gasteiger partial charge is 0.436 e. The summed E-state index contributed by atoms with van der Waals surface area (Å²) in [7, 11) is 0. The van der Waals surface area contributed by atoms with Crippen LogP contribution in [0.1, 0.15) is 0 Å². The van der Waals surface area contributed by atoms with Crippen LogP contribution in [0.2, 0.25) is 0 Å². The van der Waals surface area contributed by atoms with Gasteiger partial charge in [-0.25, -0.2) is 4.98 Å². The molecule has 3 heteroatoms. The highest BCUT2D eigenvalue weighted by molar-refractivity contribution is 6.14. The summed E-state index contributed by atoms with van der Waals surface area (Å²) >= 11 is 0. The lowest BCUT2D eigenvalue weighted by Gasteiger charge is -2.26. The van der Waals surface area contributed by atoms with Gasteiger partial charge in [0.15, 0.2) is 5.58 Å². The van der Waals surface area contributed by atoms with Gasteiger partial charge in [-0.05, 0) is 121 Å². The monoisotopic (exact) mass is 740 g/mol. The van der Waals surface area contributed by atoms with E-state index < -0.39 is 0 Å². The summed E-state index contributed by atoms with van der Waals surface area (Å²) in [5.41, 5.74) is 12.9. The molecule has 1 aromatic heterocycles. The van der Waals surface area contributed by atoms with Crippen LogP contribution in [0.4, 0.5) is 17.1 Å². The van der Waals surface area contributed by atoms with E-state index in [4.69, 9.17) is 9.40 Å².